The molecular weight excluding hydrogens is 314 g/mol. The summed E-state index contributed by atoms with van der Waals surface area (Å²) in [6.07, 6.45) is 3.37. The second-order valence-corrected chi connectivity index (χ2v) is 5.48. The van der Waals surface area contributed by atoms with Crippen LogP contribution in [0.3, 0.4) is 0 Å². The Morgan fingerprint density at radius 3 is 2.72 bits per heavy atom. The van der Waals surface area contributed by atoms with Crippen LogP contribution in [0.2, 0.25) is 0 Å². The van der Waals surface area contributed by atoms with Gasteiger partial charge in [0.25, 0.3) is 0 Å². The zero-order valence-electron chi connectivity index (χ0n) is 10.2. The Kier molecular flexibility index (Phi) is 4.78. The molecule has 0 fully saturated rings. The zero-order chi connectivity index (χ0) is 13.0. The van der Waals surface area contributed by atoms with Crippen molar-refractivity contribution in [3.05, 3.63) is 46.5 Å². The van der Waals surface area contributed by atoms with Gasteiger partial charge in [0.2, 0.25) is 0 Å². The van der Waals surface area contributed by atoms with Crippen LogP contribution in [0.15, 0.2) is 35.1 Å². The van der Waals surface area contributed by atoms with Gasteiger partial charge >= 0.3 is 0 Å². The Balaban J connectivity index is 2.06. The van der Waals surface area contributed by atoms with Gasteiger partial charge in [-0.2, -0.15) is 5.10 Å². The second-order valence-electron chi connectivity index (χ2n) is 4.32. The Morgan fingerprint density at radius 2 is 2.11 bits per heavy atom. The van der Waals surface area contributed by atoms with Crippen LogP contribution < -0.4 is 0 Å². The van der Waals surface area contributed by atoms with E-state index in [2.05, 4.69) is 38.1 Å². The number of benzene rings is 1. The maximum Gasteiger partial charge on any atom is 0.138 e. The fraction of sp³-hybridized carbons (Fsp3) is 0.385. The van der Waals surface area contributed by atoms with E-state index in [4.69, 9.17) is 11.6 Å². The van der Waals surface area contributed by atoms with Crippen LogP contribution in [0.1, 0.15) is 11.4 Å². The van der Waals surface area contributed by atoms with E-state index in [0.29, 0.717) is 11.8 Å². The lowest BCUT2D eigenvalue weighted by atomic mass is 9.97. The minimum Gasteiger partial charge on any atom is -0.253 e. The third-order valence-electron chi connectivity index (χ3n) is 2.96. The number of alkyl halides is 1. The number of hydrogen-bond donors (Lipinski definition) is 0. The van der Waals surface area contributed by atoms with Gasteiger partial charge in [-0.15, -0.1) is 11.6 Å². The van der Waals surface area contributed by atoms with Crippen LogP contribution in [0.25, 0.3) is 0 Å². The standard InChI is InChI=1S/C13H15BrClN3/c1-18-13(16-9-17-18)7-10(8-15)6-11-4-2-3-5-12(11)14/h2-5,9-10H,6-8H2,1H3. The van der Waals surface area contributed by atoms with Crippen molar-refractivity contribution < 1.29 is 0 Å². The molecule has 18 heavy (non-hydrogen) atoms. The van der Waals surface area contributed by atoms with Crippen molar-refractivity contribution in [2.24, 2.45) is 13.0 Å². The van der Waals surface area contributed by atoms with Gasteiger partial charge in [-0.3, -0.25) is 4.68 Å². The molecule has 2 rings (SSSR count). The molecule has 0 aliphatic heterocycles. The molecule has 0 saturated heterocycles. The van der Waals surface area contributed by atoms with Crippen LogP contribution >= 0.6 is 27.5 Å². The van der Waals surface area contributed by atoms with Crippen molar-refractivity contribution >= 4 is 27.5 Å². The molecule has 0 aliphatic carbocycles. The minimum absolute atomic E-state index is 0.369. The SMILES string of the molecule is Cn1ncnc1CC(CCl)Cc1ccccc1Br. The first-order valence-corrected chi connectivity index (χ1v) is 7.15. The van der Waals surface area contributed by atoms with Gasteiger partial charge in [0.1, 0.15) is 12.2 Å². The molecule has 0 N–H and O–H groups in total. The van der Waals surface area contributed by atoms with Gasteiger partial charge in [0.05, 0.1) is 0 Å². The molecule has 0 amide bonds. The van der Waals surface area contributed by atoms with E-state index in [1.165, 1.54) is 5.56 Å². The predicted molar refractivity (Wildman–Crippen MR) is 76.8 cm³/mol. The van der Waals surface area contributed by atoms with E-state index in [0.717, 1.165) is 23.1 Å². The summed E-state index contributed by atoms with van der Waals surface area (Å²) in [5.41, 5.74) is 1.28. The Labute approximate surface area is 120 Å². The van der Waals surface area contributed by atoms with E-state index >= 15 is 0 Å². The lowest BCUT2D eigenvalue weighted by Gasteiger charge is -2.14. The van der Waals surface area contributed by atoms with E-state index < -0.39 is 0 Å². The van der Waals surface area contributed by atoms with Gasteiger partial charge in [-0.25, -0.2) is 4.98 Å². The molecule has 3 nitrogen and oxygen atoms in total. The molecule has 1 aromatic heterocycles. The van der Waals surface area contributed by atoms with E-state index in [-0.39, 0.29) is 0 Å². The summed E-state index contributed by atoms with van der Waals surface area (Å²) < 4.78 is 2.94. The number of nitrogens with zero attached hydrogens (tertiary/aromatic N) is 3. The van der Waals surface area contributed by atoms with Crippen LogP contribution in [-0.2, 0) is 19.9 Å². The molecular formula is C13H15BrClN3. The molecule has 2 aromatic rings. The Morgan fingerprint density at radius 1 is 1.33 bits per heavy atom. The monoisotopic (exact) mass is 327 g/mol. The molecule has 1 heterocycles. The Hall–Kier alpha value is -0.870. The topological polar surface area (TPSA) is 30.7 Å². The first-order chi connectivity index (χ1) is 8.70. The van der Waals surface area contributed by atoms with E-state index in [9.17, 15) is 0 Å². The van der Waals surface area contributed by atoms with Gasteiger partial charge in [-0.05, 0) is 24.0 Å². The lowest BCUT2D eigenvalue weighted by molar-refractivity contribution is 0.542. The first kappa shape index (κ1) is 13.6. The smallest absolute Gasteiger partial charge is 0.138 e. The largest absolute Gasteiger partial charge is 0.253 e. The maximum atomic E-state index is 6.07. The molecule has 1 atom stereocenters. The summed E-state index contributed by atoms with van der Waals surface area (Å²) in [5, 5.41) is 4.08. The quantitative estimate of drug-likeness (QED) is 0.789. The van der Waals surface area contributed by atoms with Crippen LogP contribution in [0.4, 0.5) is 0 Å². The maximum absolute atomic E-state index is 6.07. The van der Waals surface area contributed by atoms with E-state index in [1.807, 2.05) is 19.2 Å². The normalized spacial score (nSPS) is 12.6. The number of halogens is 2. The van der Waals surface area contributed by atoms with Gasteiger partial charge < -0.3 is 0 Å². The highest BCUT2D eigenvalue weighted by atomic mass is 79.9. The Bertz CT molecular complexity index is 512. The predicted octanol–water partition coefficient (Wildman–Crippen LogP) is 3.22. The third kappa shape index (κ3) is 3.33. The third-order valence-corrected chi connectivity index (χ3v) is 4.17. The first-order valence-electron chi connectivity index (χ1n) is 5.83. The average molecular weight is 329 g/mol. The molecule has 0 spiro atoms. The molecule has 1 aromatic carbocycles. The number of rotatable bonds is 5. The zero-order valence-corrected chi connectivity index (χ0v) is 12.5. The summed E-state index contributed by atoms with van der Waals surface area (Å²) in [7, 11) is 1.91. The van der Waals surface area contributed by atoms with Crippen molar-refractivity contribution in [2.45, 2.75) is 12.8 Å². The fourth-order valence-electron chi connectivity index (χ4n) is 1.92. The summed E-state index contributed by atoms with van der Waals surface area (Å²) in [4.78, 5) is 4.25. The highest BCUT2D eigenvalue weighted by Crippen LogP contribution is 2.21. The lowest BCUT2D eigenvalue weighted by Crippen LogP contribution is -2.14. The van der Waals surface area contributed by atoms with Crippen molar-refractivity contribution in [3.8, 4) is 0 Å². The molecule has 0 saturated carbocycles. The van der Waals surface area contributed by atoms with Gasteiger partial charge in [0, 0.05) is 23.8 Å². The second kappa shape index (κ2) is 6.34. The molecule has 0 aliphatic rings. The van der Waals surface area contributed by atoms with Crippen LogP contribution in [0.5, 0.6) is 0 Å². The number of aryl methyl sites for hydroxylation is 1. The summed E-state index contributed by atoms with van der Waals surface area (Å²) >= 11 is 9.64. The van der Waals surface area contributed by atoms with Crippen LogP contribution in [-0.4, -0.2) is 20.6 Å². The molecule has 96 valence electrons. The van der Waals surface area contributed by atoms with Crippen molar-refractivity contribution in [2.75, 3.05) is 5.88 Å². The minimum atomic E-state index is 0.369. The molecule has 5 heteroatoms. The van der Waals surface area contributed by atoms with E-state index in [1.54, 1.807) is 11.0 Å². The van der Waals surface area contributed by atoms with Gasteiger partial charge in [-0.1, -0.05) is 34.1 Å². The number of aromatic nitrogens is 3. The van der Waals surface area contributed by atoms with Crippen molar-refractivity contribution in [1.29, 1.82) is 0 Å². The molecule has 1 unspecified atom stereocenters. The fourth-order valence-corrected chi connectivity index (χ4v) is 2.58. The summed E-state index contributed by atoms with van der Waals surface area (Å²) in [6, 6.07) is 8.25. The van der Waals surface area contributed by atoms with Crippen molar-refractivity contribution in [1.82, 2.24) is 14.8 Å². The molecule has 0 radical (unpaired) electrons. The molecule has 0 bridgehead atoms. The van der Waals surface area contributed by atoms with Gasteiger partial charge in [0.15, 0.2) is 0 Å². The highest BCUT2D eigenvalue weighted by Gasteiger charge is 2.14. The van der Waals surface area contributed by atoms with Crippen LogP contribution in [0, 0.1) is 5.92 Å². The summed E-state index contributed by atoms with van der Waals surface area (Å²) in [5.74, 6) is 1.97. The number of hydrogen-bond acceptors (Lipinski definition) is 2. The highest BCUT2D eigenvalue weighted by molar-refractivity contribution is 9.10. The average Bonchev–Trinajstić information content (AvgIpc) is 2.77. The van der Waals surface area contributed by atoms with Crippen molar-refractivity contribution in [3.63, 3.8) is 0 Å². The summed E-state index contributed by atoms with van der Waals surface area (Å²) in [6.45, 7) is 0.